The molecule has 0 aliphatic rings. The van der Waals surface area contributed by atoms with Gasteiger partial charge in [0.2, 0.25) is 0 Å². The van der Waals surface area contributed by atoms with Crippen LogP contribution in [0.2, 0.25) is 0 Å². The Balaban J connectivity index is 1.98. The summed E-state index contributed by atoms with van der Waals surface area (Å²) in [6.45, 7) is 7.79. The molecule has 1 amide bonds. The van der Waals surface area contributed by atoms with Gasteiger partial charge in [0.25, 0.3) is 5.91 Å². The van der Waals surface area contributed by atoms with Gasteiger partial charge in [0.1, 0.15) is 12.1 Å². The molecule has 0 atom stereocenters. The zero-order valence-electron chi connectivity index (χ0n) is 15.2. The summed E-state index contributed by atoms with van der Waals surface area (Å²) in [4.78, 5) is 24.9. The van der Waals surface area contributed by atoms with E-state index in [1.54, 1.807) is 31.7 Å². The van der Waals surface area contributed by atoms with E-state index in [1.165, 1.54) is 0 Å². The molecule has 0 aliphatic heterocycles. The van der Waals surface area contributed by atoms with E-state index < -0.39 is 0 Å². The van der Waals surface area contributed by atoms with Crippen LogP contribution in [0.4, 0.5) is 11.5 Å². The normalized spacial score (nSPS) is 10.9. The second-order valence-corrected chi connectivity index (χ2v) is 6.78. The molecule has 0 saturated carbocycles. The van der Waals surface area contributed by atoms with E-state index in [0.717, 1.165) is 11.0 Å². The molecule has 0 bridgehead atoms. The lowest BCUT2D eigenvalue weighted by Gasteiger charge is -2.21. The third-order valence-electron chi connectivity index (χ3n) is 3.42. The second kappa shape index (κ2) is 6.84. The van der Waals surface area contributed by atoms with Gasteiger partial charge in [0.15, 0.2) is 5.82 Å². The standard InChI is InChI=1S/C19H20N6O/c1-5-6-18(26)22-13-7-8-14-15(9-13)25(12-21-14)17-11-20-10-16(23-17)24-19(2,3)4/h7-12H,1-4H3,(H,22,26)(H,23,24). The predicted octanol–water partition coefficient (Wildman–Crippen LogP) is 2.99. The van der Waals surface area contributed by atoms with E-state index in [-0.39, 0.29) is 11.4 Å². The van der Waals surface area contributed by atoms with Crippen molar-refractivity contribution < 1.29 is 4.79 Å². The van der Waals surface area contributed by atoms with Crippen LogP contribution in [-0.4, -0.2) is 31.0 Å². The summed E-state index contributed by atoms with van der Waals surface area (Å²) < 4.78 is 1.83. The highest BCUT2D eigenvalue weighted by atomic mass is 16.1. The minimum absolute atomic E-state index is 0.123. The fourth-order valence-electron chi connectivity index (χ4n) is 2.46. The fourth-order valence-corrected chi connectivity index (χ4v) is 2.46. The summed E-state index contributed by atoms with van der Waals surface area (Å²) in [7, 11) is 0. The number of hydrogen-bond acceptors (Lipinski definition) is 5. The van der Waals surface area contributed by atoms with Gasteiger partial charge in [-0.15, -0.1) is 0 Å². The van der Waals surface area contributed by atoms with Gasteiger partial charge in [-0.05, 0) is 51.8 Å². The topological polar surface area (TPSA) is 84.7 Å². The van der Waals surface area contributed by atoms with Gasteiger partial charge in [0.05, 0.1) is 23.4 Å². The van der Waals surface area contributed by atoms with Gasteiger partial charge < -0.3 is 10.6 Å². The first-order valence-electron chi connectivity index (χ1n) is 8.17. The molecule has 0 spiro atoms. The fraction of sp³-hybridized carbons (Fsp3) is 0.263. The Morgan fingerprint density at radius 2 is 2.04 bits per heavy atom. The lowest BCUT2D eigenvalue weighted by molar-refractivity contribution is -0.111. The van der Waals surface area contributed by atoms with E-state index in [9.17, 15) is 4.79 Å². The molecule has 26 heavy (non-hydrogen) atoms. The minimum Gasteiger partial charge on any atom is -0.364 e. The van der Waals surface area contributed by atoms with Gasteiger partial charge in [-0.25, -0.2) is 9.97 Å². The maximum atomic E-state index is 11.7. The predicted molar refractivity (Wildman–Crippen MR) is 102 cm³/mol. The monoisotopic (exact) mass is 348 g/mol. The summed E-state index contributed by atoms with van der Waals surface area (Å²) in [6.07, 6.45) is 5.04. The van der Waals surface area contributed by atoms with E-state index in [2.05, 4.69) is 58.2 Å². The van der Waals surface area contributed by atoms with Crippen molar-refractivity contribution in [2.45, 2.75) is 33.2 Å². The van der Waals surface area contributed by atoms with Crippen molar-refractivity contribution in [1.29, 1.82) is 0 Å². The molecule has 2 N–H and O–H groups in total. The van der Waals surface area contributed by atoms with Crippen LogP contribution >= 0.6 is 0 Å². The number of nitrogens with one attached hydrogen (secondary N) is 2. The SMILES string of the molecule is CC#CC(=O)Nc1ccc2ncn(-c3cncc(NC(C)(C)C)n3)c2c1. The zero-order valence-corrected chi connectivity index (χ0v) is 15.2. The van der Waals surface area contributed by atoms with Gasteiger partial charge in [0, 0.05) is 11.2 Å². The van der Waals surface area contributed by atoms with Crippen molar-refractivity contribution >= 4 is 28.4 Å². The molecule has 3 rings (SSSR count). The Morgan fingerprint density at radius 3 is 2.77 bits per heavy atom. The average Bonchev–Trinajstić information content (AvgIpc) is 2.97. The third kappa shape index (κ3) is 3.98. The zero-order chi connectivity index (χ0) is 18.7. The summed E-state index contributed by atoms with van der Waals surface area (Å²) in [5.74, 6) is 6.00. The molecule has 2 aromatic heterocycles. The van der Waals surface area contributed by atoms with Crippen LogP contribution in [0.5, 0.6) is 0 Å². The van der Waals surface area contributed by atoms with Crippen LogP contribution in [0.3, 0.4) is 0 Å². The molecule has 0 unspecified atom stereocenters. The first kappa shape index (κ1) is 17.4. The Morgan fingerprint density at radius 1 is 1.23 bits per heavy atom. The smallest absolute Gasteiger partial charge is 0.300 e. The average molecular weight is 348 g/mol. The van der Waals surface area contributed by atoms with Crippen molar-refractivity contribution in [2.75, 3.05) is 10.6 Å². The van der Waals surface area contributed by atoms with Crippen LogP contribution in [0.25, 0.3) is 16.9 Å². The van der Waals surface area contributed by atoms with E-state index in [0.29, 0.717) is 17.3 Å². The molecular weight excluding hydrogens is 328 g/mol. The lowest BCUT2D eigenvalue weighted by Crippen LogP contribution is -2.26. The second-order valence-electron chi connectivity index (χ2n) is 6.78. The summed E-state index contributed by atoms with van der Waals surface area (Å²) in [5, 5.41) is 6.05. The third-order valence-corrected chi connectivity index (χ3v) is 3.42. The van der Waals surface area contributed by atoms with Crippen molar-refractivity contribution in [3.63, 3.8) is 0 Å². The number of amides is 1. The molecule has 7 heteroatoms. The number of benzene rings is 1. The number of fused-ring (bicyclic) bond motifs is 1. The maximum absolute atomic E-state index is 11.7. The minimum atomic E-state index is -0.353. The number of nitrogens with zero attached hydrogens (tertiary/aromatic N) is 4. The van der Waals surface area contributed by atoms with Crippen LogP contribution in [0, 0.1) is 11.8 Å². The molecule has 0 saturated heterocycles. The van der Waals surface area contributed by atoms with E-state index in [1.807, 2.05) is 16.7 Å². The summed E-state index contributed by atoms with van der Waals surface area (Å²) >= 11 is 0. The highest BCUT2D eigenvalue weighted by Gasteiger charge is 2.13. The number of rotatable bonds is 3. The van der Waals surface area contributed by atoms with E-state index >= 15 is 0 Å². The largest absolute Gasteiger partial charge is 0.364 e. The van der Waals surface area contributed by atoms with Crippen molar-refractivity contribution in [3.8, 4) is 17.7 Å². The van der Waals surface area contributed by atoms with Crippen molar-refractivity contribution in [2.24, 2.45) is 0 Å². The highest BCUT2D eigenvalue weighted by Crippen LogP contribution is 2.22. The number of aromatic nitrogens is 4. The summed E-state index contributed by atoms with van der Waals surface area (Å²) in [6, 6.07) is 5.47. The number of imidazole rings is 1. The van der Waals surface area contributed by atoms with Gasteiger partial charge >= 0.3 is 0 Å². The number of anilines is 2. The Bertz CT molecular complexity index is 1020. The molecule has 0 radical (unpaired) electrons. The van der Waals surface area contributed by atoms with Crippen molar-refractivity contribution in [1.82, 2.24) is 19.5 Å². The Kier molecular flexibility index (Phi) is 4.59. The number of carbonyl (C=O) groups excluding carboxylic acids is 1. The quantitative estimate of drug-likeness (QED) is 0.711. The first-order valence-corrected chi connectivity index (χ1v) is 8.17. The molecule has 0 fully saturated rings. The van der Waals surface area contributed by atoms with Crippen LogP contribution in [0.1, 0.15) is 27.7 Å². The number of carbonyl (C=O) groups is 1. The van der Waals surface area contributed by atoms with Gasteiger partial charge in [-0.2, -0.15) is 0 Å². The Labute approximate surface area is 151 Å². The molecular formula is C19H20N6O. The highest BCUT2D eigenvalue weighted by molar-refractivity contribution is 6.04. The Hall–Kier alpha value is -3.40. The van der Waals surface area contributed by atoms with Crippen LogP contribution in [-0.2, 0) is 4.79 Å². The summed E-state index contributed by atoms with van der Waals surface area (Å²) in [5.41, 5.74) is 2.13. The molecule has 7 nitrogen and oxygen atoms in total. The van der Waals surface area contributed by atoms with E-state index in [4.69, 9.17) is 0 Å². The van der Waals surface area contributed by atoms with Gasteiger partial charge in [-0.3, -0.25) is 14.3 Å². The van der Waals surface area contributed by atoms with Crippen LogP contribution in [0.15, 0.2) is 36.9 Å². The number of hydrogen-bond donors (Lipinski definition) is 2. The van der Waals surface area contributed by atoms with Gasteiger partial charge in [-0.1, -0.05) is 5.92 Å². The molecule has 1 aromatic carbocycles. The van der Waals surface area contributed by atoms with Crippen LogP contribution < -0.4 is 10.6 Å². The van der Waals surface area contributed by atoms with Crippen molar-refractivity contribution in [3.05, 3.63) is 36.9 Å². The first-order chi connectivity index (χ1) is 12.4. The molecule has 2 heterocycles. The lowest BCUT2D eigenvalue weighted by atomic mass is 10.1. The molecule has 3 aromatic rings. The molecule has 0 aliphatic carbocycles. The maximum Gasteiger partial charge on any atom is 0.300 e. The molecule has 132 valence electrons.